The molecule has 1 amide bonds. The number of carboxylic acid groups (broad SMARTS) is 1. The van der Waals surface area contributed by atoms with Gasteiger partial charge in [-0.1, -0.05) is 37.0 Å². The van der Waals surface area contributed by atoms with E-state index in [2.05, 4.69) is 5.32 Å². The van der Waals surface area contributed by atoms with Gasteiger partial charge in [0.2, 0.25) is 0 Å². The first-order chi connectivity index (χ1) is 9.74. The molecule has 0 fully saturated rings. The maximum Gasteiger partial charge on any atom is 0.305 e. The highest BCUT2D eigenvalue weighted by Gasteiger charge is 2.32. The van der Waals surface area contributed by atoms with Gasteiger partial charge >= 0.3 is 5.97 Å². The van der Waals surface area contributed by atoms with Gasteiger partial charge in [0.25, 0.3) is 5.91 Å². The Bertz CT molecular complexity index is 559. The number of carbonyl (C=O) groups is 2. The van der Waals surface area contributed by atoms with Crippen LogP contribution in [0.2, 0.25) is 10.0 Å². The average molecular weight is 336 g/mol. The fourth-order valence-corrected chi connectivity index (χ4v) is 2.48. The molecule has 0 saturated heterocycles. The van der Waals surface area contributed by atoms with Crippen LogP contribution in [0.1, 0.15) is 43.5 Å². The lowest BCUT2D eigenvalue weighted by Crippen LogP contribution is -2.49. The zero-order chi connectivity index (χ0) is 16.2. The highest BCUT2D eigenvalue weighted by Crippen LogP contribution is 2.26. The Kier molecular flexibility index (Phi) is 5.98. The molecule has 0 aliphatic heterocycles. The Morgan fingerprint density at radius 1 is 1.24 bits per heavy atom. The van der Waals surface area contributed by atoms with Crippen molar-refractivity contribution in [1.29, 1.82) is 0 Å². The molecule has 0 atom stereocenters. The largest absolute Gasteiger partial charge is 0.481 e. The summed E-state index contributed by atoms with van der Waals surface area (Å²) in [4.78, 5) is 23.2. The van der Waals surface area contributed by atoms with Crippen LogP contribution in [0.25, 0.3) is 0 Å². The van der Waals surface area contributed by atoms with E-state index in [1.807, 2.05) is 0 Å². The number of hydrogen-bond donors (Lipinski definition) is 2. The third kappa shape index (κ3) is 4.32. The highest BCUT2D eigenvalue weighted by molar-refractivity contribution is 6.36. The van der Waals surface area contributed by atoms with E-state index in [0.29, 0.717) is 12.8 Å². The molecule has 0 saturated carbocycles. The first-order valence-electron chi connectivity index (χ1n) is 6.43. The van der Waals surface area contributed by atoms with E-state index in [1.165, 1.54) is 0 Å². The number of hydrogen-bond acceptors (Lipinski definition) is 2. The Balaban J connectivity index is 3.08. The van der Waals surface area contributed by atoms with Gasteiger partial charge in [0.15, 0.2) is 0 Å². The second kappa shape index (κ2) is 7.09. The summed E-state index contributed by atoms with van der Waals surface area (Å²) in [7, 11) is 0. The van der Waals surface area contributed by atoms with Crippen molar-refractivity contribution in [2.75, 3.05) is 0 Å². The predicted molar refractivity (Wildman–Crippen MR) is 79.5 cm³/mol. The summed E-state index contributed by atoms with van der Waals surface area (Å²) in [6.07, 6.45) is 0.629. The molecule has 0 unspecified atom stereocenters. The van der Waals surface area contributed by atoms with Crippen LogP contribution in [-0.2, 0) is 4.79 Å². The molecular formula is C14H16Cl2FNO3. The van der Waals surface area contributed by atoms with Crippen LogP contribution >= 0.6 is 23.2 Å². The van der Waals surface area contributed by atoms with E-state index in [0.717, 1.165) is 12.1 Å². The van der Waals surface area contributed by atoms with Crippen LogP contribution in [-0.4, -0.2) is 22.5 Å². The molecule has 116 valence electrons. The summed E-state index contributed by atoms with van der Waals surface area (Å²) in [5.41, 5.74) is -0.974. The van der Waals surface area contributed by atoms with Gasteiger partial charge in [-0.05, 0) is 25.0 Å². The second-order valence-electron chi connectivity index (χ2n) is 4.76. The SMILES string of the molecule is CCC(CC)(CC(=O)O)NC(=O)c1cc(F)c(Cl)cc1Cl. The normalized spacial score (nSPS) is 11.3. The van der Waals surface area contributed by atoms with Gasteiger partial charge in [0.1, 0.15) is 5.82 Å². The van der Waals surface area contributed by atoms with Crippen molar-refractivity contribution < 1.29 is 19.1 Å². The maximum atomic E-state index is 13.5. The number of halogens is 3. The fraction of sp³-hybridized carbons (Fsp3) is 0.429. The van der Waals surface area contributed by atoms with Crippen LogP contribution in [0.3, 0.4) is 0 Å². The smallest absolute Gasteiger partial charge is 0.305 e. The zero-order valence-electron chi connectivity index (χ0n) is 11.7. The van der Waals surface area contributed by atoms with Gasteiger partial charge in [0.05, 0.1) is 27.6 Å². The van der Waals surface area contributed by atoms with Gasteiger partial charge in [-0.15, -0.1) is 0 Å². The van der Waals surface area contributed by atoms with Gasteiger partial charge < -0.3 is 10.4 Å². The Hall–Kier alpha value is -1.33. The molecule has 1 aromatic carbocycles. The van der Waals surface area contributed by atoms with Crippen LogP contribution in [0.15, 0.2) is 12.1 Å². The minimum Gasteiger partial charge on any atom is -0.481 e. The summed E-state index contributed by atoms with van der Waals surface area (Å²) in [5.74, 6) is -2.41. The Labute approximate surface area is 132 Å². The molecule has 2 N–H and O–H groups in total. The van der Waals surface area contributed by atoms with E-state index in [-0.39, 0.29) is 22.0 Å². The van der Waals surface area contributed by atoms with Crippen molar-refractivity contribution in [3.63, 3.8) is 0 Å². The van der Waals surface area contributed by atoms with Crippen LogP contribution in [0, 0.1) is 5.82 Å². The lowest BCUT2D eigenvalue weighted by Gasteiger charge is -2.31. The first kappa shape index (κ1) is 17.7. The summed E-state index contributed by atoms with van der Waals surface area (Å²) in [6, 6.07) is 2.08. The van der Waals surface area contributed by atoms with Crippen molar-refractivity contribution in [3.05, 3.63) is 33.6 Å². The van der Waals surface area contributed by atoms with E-state index >= 15 is 0 Å². The topological polar surface area (TPSA) is 66.4 Å². The van der Waals surface area contributed by atoms with E-state index in [1.54, 1.807) is 13.8 Å². The Morgan fingerprint density at radius 3 is 2.29 bits per heavy atom. The van der Waals surface area contributed by atoms with E-state index in [4.69, 9.17) is 28.3 Å². The van der Waals surface area contributed by atoms with E-state index in [9.17, 15) is 14.0 Å². The summed E-state index contributed by atoms with van der Waals surface area (Å²) in [6.45, 7) is 3.55. The monoisotopic (exact) mass is 335 g/mol. The molecule has 1 rings (SSSR count). The molecule has 0 bridgehead atoms. The lowest BCUT2D eigenvalue weighted by molar-refractivity contribution is -0.138. The van der Waals surface area contributed by atoms with Crippen molar-refractivity contribution in [3.8, 4) is 0 Å². The second-order valence-corrected chi connectivity index (χ2v) is 5.57. The third-order valence-electron chi connectivity index (χ3n) is 3.48. The van der Waals surface area contributed by atoms with Gasteiger partial charge in [-0.25, -0.2) is 4.39 Å². The molecule has 0 aliphatic carbocycles. The summed E-state index contributed by atoms with van der Waals surface area (Å²) in [5, 5.41) is 11.5. The molecule has 0 radical (unpaired) electrons. The molecule has 21 heavy (non-hydrogen) atoms. The molecule has 0 heterocycles. The quantitative estimate of drug-likeness (QED) is 0.775. The fourth-order valence-electron chi connectivity index (χ4n) is 2.02. The maximum absolute atomic E-state index is 13.5. The molecule has 0 aliphatic rings. The first-order valence-corrected chi connectivity index (χ1v) is 7.19. The molecule has 7 heteroatoms. The van der Waals surface area contributed by atoms with E-state index < -0.39 is 23.2 Å². The van der Waals surface area contributed by atoms with Crippen LogP contribution in [0.4, 0.5) is 4.39 Å². The molecular weight excluding hydrogens is 320 g/mol. The summed E-state index contributed by atoms with van der Waals surface area (Å²) < 4.78 is 13.5. The number of aliphatic carboxylic acids is 1. The molecule has 0 spiro atoms. The lowest BCUT2D eigenvalue weighted by atomic mass is 9.88. The number of carbonyl (C=O) groups excluding carboxylic acids is 1. The van der Waals surface area contributed by atoms with Gasteiger partial charge in [-0.2, -0.15) is 0 Å². The third-order valence-corrected chi connectivity index (χ3v) is 4.08. The predicted octanol–water partition coefficient (Wildman–Crippen LogP) is 3.90. The minimum absolute atomic E-state index is 0.00957. The minimum atomic E-state index is -1.02. The molecule has 0 aromatic heterocycles. The Morgan fingerprint density at radius 2 is 1.81 bits per heavy atom. The standard InChI is InChI=1S/C14H16Cl2FNO3/c1-3-14(4-2,7-12(19)20)18-13(21)8-5-11(17)10(16)6-9(8)15/h5-6H,3-4,7H2,1-2H3,(H,18,21)(H,19,20). The number of nitrogens with one attached hydrogen (secondary N) is 1. The van der Waals surface area contributed by atoms with Gasteiger partial charge in [0, 0.05) is 0 Å². The van der Waals surface area contributed by atoms with Gasteiger partial charge in [-0.3, -0.25) is 9.59 Å². The molecule has 4 nitrogen and oxygen atoms in total. The number of rotatable bonds is 6. The van der Waals surface area contributed by atoms with Crippen molar-refractivity contribution in [1.82, 2.24) is 5.32 Å². The number of amides is 1. The van der Waals surface area contributed by atoms with Crippen molar-refractivity contribution in [2.45, 2.75) is 38.6 Å². The van der Waals surface area contributed by atoms with Crippen molar-refractivity contribution in [2.24, 2.45) is 0 Å². The highest BCUT2D eigenvalue weighted by atomic mass is 35.5. The van der Waals surface area contributed by atoms with Crippen molar-refractivity contribution >= 4 is 35.1 Å². The van der Waals surface area contributed by atoms with Crippen LogP contribution < -0.4 is 5.32 Å². The molecule has 1 aromatic rings. The number of benzene rings is 1. The number of carboxylic acids is 1. The van der Waals surface area contributed by atoms with Crippen LogP contribution in [0.5, 0.6) is 0 Å². The summed E-state index contributed by atoms with van der Waals surface area (Å²) >= 11 is 11.5. The zero-order valence-corrected chi connectivity index (χ0v) is 13.2. The average Bonchev–Trinajstić information content (AvgIpc) is 2.41.